The first-order valence-electron chi connectivity index (χ1n) is 10.3. The largest absolute Gasteiger partial charge is 0.463 e. The Morgan fingerprint density at radius 3 is 1.94 bits per heavy atom. The first kappa shape index (κ1) is 30.4. The van der Waals surface area contributed by atoms with E-state index in [2.05, 4.69) is 17.9 Å². The lowest BCUT2D eigenvalue weighted by Gasteiger charge is -2.13. The van der Waals surface area contributed by atoms with E-state index in [1.54, 1.807) is 45.9 Å². The van der Waals surface area contributed by atoms with E-state index in [1.165, 1.54) is 18.2 Å². The second-order valence-electron chi connectivity index (χ2n) is 6.74. The molecule has 6 nitrogen and oxygen atoms in total. The zero-order valence-corrected chi connectivity index (χ0v) is 19.8. The van der Waals surface area contributed by atoms with Gasteiger partial charge in [-0.1, -0.05) is 37.4 Å². The molecule has 2 rings (SSSR count). The third-order valence-electron chi connectivity index (χ3n) is 4.16. The van der Waals surface area contributed by atoms with Gasteiger partial charge in [-0.3, -0.25) is 4.79 Å². The van der Waals surface area contributed by atoms with Crippen molar-refractivity contribution in [2.24, 2.45) is 0 Å². The van der Waals surface area contributed by atoms with Crippen molar-refractivity contribution >= 4 is 18.2 Å². The fourth-order valence-electron chi connectivity index (χ4n) is 2.20. The van der Waals surface area contributed by atoms with E-state index < -0.39 is 17.9 Å². The zero-order chi connectivity index (χ0) is 26.3. The van der Waals surface area contributed by atoms with E-state index in [1.807, 2.05) is 0 Å². The molecule has 0 saturated carbocycles. The molecule has 184 valence electrons. The Morgan fingerprint density at radius 1 is 1.00 bits per heavy atom. The van der Waals surface area contributed by atoms with Gasteiger partial charge >= 0.3 is 11.9 Å². The molecule has 34 heavy (non-hydrogen) atoms. The first-order chi connectivity index (χ1) is 16.0. The minimum Gasteiger partial charge on any atom is -0.463 e. The van der Waals surface area contributed by atoms with Crippen LogP contribution in [0.15, 0.2) is 61.2 Å². The third-order valence-corrected chi connectivity index (χ3v) is 4.16. The lowest BCUT2D eigenvalue weighted by molar-refractivity contribution is -0.140. The molecule has 1 unspecified atom stereocenters. The fraction of sp³-hybridized carbons (Fsp3) is 0.269. The number of hydrogen-bond acceptors (Lipinski definition) is 6. The summed E-state index contributed by atoms with van der Waals surface area (Å²) in [6.07, 6.45) is 0.524. The van der Waals surface area contributed by atoms with E-state index in [0.717, 1.165) is 6.08 Å². The summed E-state index contributed by atoms with van der Waals surface area (Å²) in [4.78, 5) is 31.5. The topological polar surface area (TPSA) is 89.9 Å². The lowest BCUT2D eigenvalue weighted by Crippen LogP contribution is -2.13. The van der Waals surface area contributed by atoms with E-state index in [-0.39, 0.29) is 29.5 Å². The number of aliphatic hydroxyl groups is 1. The second-order valence-corrected chi connectivity index (χ2v) is 6.74. The maximum Gasteiger partial charge on any atom is 0.336 e. The van der Waals surface area contributed by atoms with Gasteiger partial charge in [0, 0.05) is 11.6 Å². The van der Waals surface area contributed by atoms with Crippen molar-refractivity contribution in [1.29, 1.82) is 0 Å². The highest BCUT2D eigenvalue weighted by Gasteiger charge is 2.20. The smallest absolute Gasteiger partial charge is 0.336 e. The highest BCUT2D eigenvalue weighted by molar-refractivity contribution is 5.89. The molecule has 1 atom stereocenters. The van der Waals surface area contributed by atoms with Crippen LogP contribution >= 0.6 is 0 Å². The molecular weight excluding hydrogens is 446 g/mol. The summed E-state index contributed by atoms with van der Waals surface area (Å²) < 4.78 is 35.0. The highest BCUT2D eigenvalue weighted by Crippen LogP contribution is 2.23. The van der Waals surface area contributed by atoms with Crippen LogP contribution < -0.4 is 0 Å². The number of carbonyl (C=O) groups excluding carboxylic acids is 3. The summed E-state index contributed by atoms with van der Waals surface area (Å²) in [5, 5.41) is 9.83. The summed E-state index contributed by atoms with van der Waals surface area (Å²) in [6, 6.07) is 8.66. The maximum atomic E-state index is 13.3. The molecule has 1 N–H and O–H groups in total. The number of hydrogen-bond donors (Lipinski definition) is 1. The SMILES string of the molecule is C=C(C(=O)OCC)C(O)c1ccc(C)c(F)c1.C=CC(=O)OCC.Cc1ccc(C=O)cc1F. The zero-order valence-electron chi connectivity index (χ0n) is 19.8. The molecule has 0 amide bonds. The first-order valence-corrected chi connectivity index (χ1v) is 10.3. The van der Waals surface area contributed by atoms with Crippen LogP contribution in [0.1, 0.15) is 47.0 Å². The van der Waals surface area contributed by atoms with Crippen molar-refractivity contribution in [3.8, 4) is 0 Å². The van der Waals surface area contributed by atoms with Crippen LogP contribution in [0.3, 0.4) is 0 Å². The van der Waals surface area contributed by atoms with Gasteiger partial charge in [-0.15, -0.1) is 0 Å². The molecule has 0 spiro atoms. The molecule has 0 saturated heterocycles. The molecule has 0 heterocycles. The van der Waals surface area contributed by atoms with E-state index in [9.17, 15) is 28.3 Å². The predicted octanol–water partition coefficient (Wildman–Crippen LogP) is 4.97. The van der Waals surface area contributed by atoms with Crippen LogP contribution in [0.2, 0.25) is 0 Å². The Bertz CT molecular complexity index is 1000. The maximum absolute atomic E-state index is 13.3. The van der Waals surface area contributed by atoms with Gasteiger partial charge < -0.3 is 14.6 Å². The van der Waals surface area contributed by atoms with Crippen LogP contribution in [-0.2, 0) is 19.1 Å². The average molecular weight is 477 g/mol. The van der Waals surface area contributed by atoms with Crippen LogP contribution in [0.25, 0.3) is 0 Å². The molecule has 0 bridgehead atoms. The number of ether oxygens (including phenoxy) is 2. The van der Waals surface area contributed by atoms with Crippen molar-refractivity contribution in [3.63, 3.8) is 0 Å². The molecule has 2 aromatic rings. The summed E-state index contributed by atoms with van der Waals surface area (Å²) in [6.45, 7) is 14.0. The van der Waals surface area contributed by atoms with Gasteiger partial charge in [0.25, 0.3) is 0 Å². The Kier molecular flexibility index (Phi) is 14.3. The Labute approximate surface area is 198 Å². The van der Waals surface area contributed by atoms with Gasteiger partial charge in [0.2, 0.25) is 0 Å². The summed E-state index contributed by atoms with van der Waals surface area (Å²) in [5.74, 6) is -1.80. The number of aliphatic hydroxyl groups excluding tert-OH is 1. The molecule has 0 aliphatic heterocycles. The molecular formula is C26H30F2O6. The Morgan fingerprint density at radius 2 is 1.53 bits per heavy atom. The van der Waals surface area contributed by atoms with Crippen molar-refractivity contribution in [2.45, 2.75) is 33.8 Å². The minimum atomic E-state index is -1.25. The molecule has 0 fully saturated rings. The Hall–Kier alpha value is -3.65. The molecule has 0 aromatic heterocycles. The third kappa shape index (κ3) is 10.8. The van der Waals surface area contributed by atoms with E-state index >= 15 is 0 Å². The molecule has 0 aliphatic rings. The van der Waals surface area contributed by atoms with Crippen molar-refractivity contribution in [2.75, 3.05) is 13.2 Å². The van der Waals surface area contributed by atoms with E-state index in [0.29, 0.717) is 29.6 Å². The summed E-state index contributed by atoms with van der Waals surface area (Å²) >= 11 is 0. The van der Waals surface area contributed by atoms with Crippen LogP contribution in [-0.4, -0.2) is 36.5 Å². The number of esters is 2. The van der Waals surface area contributed by atoms with Gasteiger partial charge in [0.1, 0.15) is 24.0 Å². The van der Waals surface area contributed by atoms with Crippen molar-refractivity contribution in [1.82, 2.24) is 0 Å². The monoisotopic (exact) mass is 476 g/mol. The number of benzene rings is 2. The number of halogens is 2. The molecule has 8 heteroatoms. The second kappa shape index (κ2) is 16.0. The number of aldehydes is 1. The Balaban J connectivity index is 0.000000541. The summed E-state index contributed by atoms with van der Waals surface area (Å²) in [5.41, 5.74) is 1.60. The van der Waals surface area contributed by atoms with Gasteiger partial charge in [0.05, 0.1) is 18.8 Å². The standard InChI is InChI=1S/C13H15FO3.C8H7FO.C5H8O2/c1-4-17-13(16)9(3)12(15)10-6-5-8(2)11(14)7-10;1-6-2-3-7(5-10)4-8(6)9;1-3-5(6)7-4-2/h5-7,12,15H,3-4H2,1-2H3;2-5H,1H3;3H,1,4H2,2H3. The van der Waals surface area contributed by atoms with Crippen LogP contribution in [0.5, 0.6) is 0 Å². The average Bonchev–Trinajstić information content (AvgIpc) is 2.82. The lowest BCUT2D eigenvalue weighted by atomic mass is 10.0. The van der Waals surface area contributed by atoms with E-state index in [4.69, 9.17) is 4.74 Å². The molecule has 0 radical (unpaired) electrons. The van der Waals surface area contributed by atoms with Crippen molar-refractivity contribution < 1.29 is 37.7 Å². The number of rotatable bonds is 7. The summed E-state index contributed by atoms with van der Waals surface area (Å²) in [7, 11) is 0. The molecule has 0 aliphatic carbocycles. The normalized spacial score (nSPS) is 10.3. The quantitative estimate of drug-likeness (QED) is 0.345. The van der Waals surface area contributed by atoms with Crippen LogP contribution in [0.4, 0.5) is 8.78 Å². The van der Waals surface area contributed by atoms with Gasteiger partial charge in [-0.25, -0.2) is 18.4 Å². The fourth-order valence-corrected chi connectivity index (χ4v) is 2.20. The van der Waals surface area contributed by atoms with Gasteiger partial charge in [-0.2, -0.15) is 0 Å². The van der Waals surface area contributed by atoms with Crippen LogP contribution in [0, 0.1) is 25.5 Å². The van der Waals surface area contributed by atoms with Crippen molar-refractivity contribution in [3.05, 3.63) is 95.1 Å². The van der Waals surface area contributed by atoms with Gasteiger partial charge in [0.15, 0.2) is 0 Å². The number of aryl methyl sites for hydroxylation is 2. The van der Waals surface area contributed by atoms with Gasteiger partial charge in [-0.05, 0) is 56.5 Å². The molecule has 2 aromatic carbocycles. The number of carbonyl (C=O) groups is 3. The highest BCUT2D eigenvalue weighted by atomic mass is 19.1. The predicted molar refractivity (Wildman–Crippen MR) is 125 cm³/mol. The minimum absolute atomic E-state index is 0.102.